The molecule has 0 saturated heterocycles. The van der Waals surface area contributed by atoms with Gasteiger partial charge in [0.05, 0.1) is 44.7 Å². The number of benzene rings is 8. The van der Waals surface area contributed by atoms with E-state index in [1.165, 1.54) is 63.8 Å². The number of hydrogen-bond acceptors (Lipinski definition) is 19. The van der Waals surface area contributed by atoms with E-state index in [9.17, 15) is 44.0 Å². The molecule has 0 spiro atoms. The van der Waals surface area contributed by atoms with Crippen molar-refractivity contribution < 1.29 is 63.0 Å². The number of nitrogens with one attached hydrogen (secondary N) is 1. The number of phenols is 1. The predicted molar refractivity (Wildman–Crippen MR) is 265 cm³/mol. The number of nitrogens with zero attached hydrogens (tertiary/aromatic N) is 6. The molecule has 0 bridgehead atoms. The van der Waals surface area contributed by atoms with Gasteiger partial charge in [-0.15, -0.1) is 38.2 Å². The molecule has 364 valence electrons. The largest absolute Gasteiger partial charge is 0.505 e. The van der Waals surface area contributed by atoms with Crippen LogP contribution >= 0.6 is 12.6 Å². The van der Waals surface area contributed by atoms with Crippen molar-refractivity contribution in [3.05, 3.63) is 115 Å². The molecule has 8 aromatic rings. The summed E-state index contributed by atoms with van der Waals surface area (Å²) in [6, 6.07) is 28.1. The number of phenolic OH excluding ortho intramolecular Hbond substituents is 1. The maximum absolute atomic E-state index is 12.8. The highest BCUT2D eigenvalue weighted by atomic mass is 32.2. The van der Waals surface area contributed by atoms with Crippen LogP contribution in [-0.4, -0.2) is 72.5 Å². The fourth-order valence-corrected chi connectivity index (χ4v) is 9.52. The number of thiol groups is 1. The number of methoxy groups -OCH3 is 4. The molecule has 0 radical (unpaired) electrons. The second-order valence-electron chi connectivity index (χ2n) is 15.1. The van der Waals surface area contributed by atoms with Gasteiger partial charge >= 0.3 is 0 Å². The third kappa shape index (κ3) is 10.6. The summed E-state index contributed by atoms with van der Waals surface area (Å²) >= 11 is 4.52. The first kappa shape index (κ1) is 49.6. The van der Waals surface area contributed by atoms with Crippen LogP contribution in [0, 0.1) is 0 Å². The average molecular weight is 1040 g/mol. The van der Waals surface area contributed by atoms with Gasteiger partial charge in [-0.1, -0.05) is 12.1 Å². The maximum atomic E-state index is 12.8. The Morgan fingerprint density at radius 2 is 1.06 bits per heavy atom. The lowest BCUT2D eigenvalue weighted by molar-refractivity contribution is 0.405. The van der Waals surface area contributed by atoms with Crippen molar-refractivity contribution in [3.8, 4) is 28.7 Å². The summed E-state index contributed by atoms with van der Waals surface area (Å²) < 4.78 is 125. The Bertz CT molecular complexity index is 3910. The van der Waals surface area contributed by atoms with Crippen LogP contribution < -0.4 is 24.3 Å². The smallest absolute Gasteiger partial charge is 0.296 e. The third-order valence-electron chi connectivity index (χ3n) is 10.7. The second-order valence-corrected chi connectivity index (χ2v) is 19.8. The van der Waals surface area contributed by atoms with Gasteiger partial charge in [0, 0.05) is 56.0 Å². The van der Waals surface area contributed by atoms with Gasteiger partial charge in [0.1, 0.15) is 55.5 Å². The second kappa shape index (κ2) is 19.5. The van der Waals surface area contributed by atoms with E-state index in [0.717, 1.165) is 6.07 Å². The Labute approximate surface area is 409 Å². The minimum Gasteiger partial charge on any atom is -0.505 e. The summed E-state index contributed by atoms with van der Waals surface area (Å²) in [5.41, 5.74) is 1.43. The standard InChI is InChI=1S/C46H37N7O14S4/c1-64-29-10-7-26(8-11-29)47-27-9-13-32-25(15-27)17-43(71(61,62)63)45(46(32)54)53-52-44-33-14-12-30(68)19-35(33)36(21-41(44)67-4)49-51-38-23-39(65-2)37(22-40(38)66-3)50-48-28-6-5-24-16-31(69(55,56)57)20-42(34(24)18-28)70(58,59)60/h5-23,47,54,68H,1-4H3,(H,55,56,57)(H,58,59,60)(H,61,62,63). The molecule has 0 unspecified atom stereocenters. The lowest BCUT2D eigenvalue weighted by Gasteiger charge is -2.13. The van der Waals surface area contributed by atoms with E-state index < -0.39 is 56.5 Å². The van der Waals surface area contributed by atoms with Gasteiger partial charge < -0.3 is 29.4 Å². The van der Waals surface area contributed by atoms with Gasteiger partial charge in [-0.2, -0.15) is 30.4 Å². The first-order valence-electron chi connectivity index (χ1n) is 20.2. The van der Waals surface area contributed by atoms with Gasteiger partial charge in [-0.3, -0.25) is 13.7 Å². The van der Waals surface area contributed by atoms with Gasteiger partial charge in [-0.25, -0.2) is 0 Å². The molecule has 0 aliphatic carbocycles. The first-order valence-corrected chi connectivity index (χ1v) is 25.0. The predicted octanol–water partition coefficient (Wildman–Crippen LogP) is 11.9. The fraction of sp³-hybridized carbons (Fsp3) is 0.0870. The van der Waals surface area contributed by atoms with E-state index in [2.05, 4.69) is 48.6 Å². The van der Waals surface area contributed by atoms with Crippen LogP contribution in [0.25, 0.3) is 32.3 Å². The topological polar surface area (TPSA) is 306 Å². The summed E-state index contributed by atoms with van der Waals surface area (Å²) in [5, 5.41) is 41.8. The molecule has 71 heavy (non-hydrogen) atoms. The van der Waals surface area contributed by atoms with E-state index in [1.807, 2.05) is 0 Å². The number of fused-ring (bicyclic) bond motifs is 3. The van der Waals surface area contributed by atoms with Crippen molar-refractivity contribution in [1.29, 1.82) is 0 Å². The highest BCUT2D eigenvalue weighted by Crippen LogP contribution is 2.48. The summed E-state index contributed by atoms with van der Waals surface area (Å²) in [6.45, 7) is 0. The Morgan fingerprint density at radius 1 is 0.465 bits per heavy atom. The Balaban J connectivity index is 1.14. The molecule has 5 N–H and O–H groups in total. The molecule has 0 aliphatic rings. The molecular formula is C46H37N7O14S4. The zero-order valence-corrected chi connectivity index (χ0v) is 40.5. The van der Waals surface area contributed by atoms with Crippen molar-refractivity contribution in [3.63, 3.8) is 0 Å². The van der Waals surface area contributed by atoms with Crippen molar-refractivity contribution in [1.82, 2.24) is 0 Å². The highest BCUT2D eigenvalue weighted by molar-refractivity contribution is 7.87. The summed E-state index contributed by atoms with van der Waals surface area (Å²) in [4.78, 5) is -1.72. The van der Waals surface area contributed by atoms with Crippen LogP contribution in [0.15, 0.2) is 166 Å². The number of aromatic hydroxyl groups is 1. The Morgan fingerprint density at radius 3 is 1.68 bits per heavy atom. The van der Waals surface area contributed by atoms with E-state index in [-0.39, 0.29) is 67.2 Å². The number of anilines is 2. The molecule has 0 heterocycles. The van der Waals surface area contributed by atoms with Crippen molar-refractivity contribution in [2.24, 2.45) is 30.7 Å². The molecule has 8 rings (SSSR count). The van der Waals surface area contributed by atoms with E-state index in [4.69, 9.17) is 18.9 Å². The van der Waals surface area contributed by atoms with Crippen LogP contribution in [-0.2, 0) is 30.4 Å². The zero-order chi connectivity index (χ0) is 51.0. The molecule has 0 amide bonds. The van der Waals surface area contributed by atoms with Crippen molar-refractivity contribution in [2.45, 2.75) is 19.6 Å². The van der Waals surface area contributed by atoms with Crippen molar-refractivity contribution in [2.75, 3.05) is 33.8 Å². The lowest BCUT2D eigenvalue weighted by atomic mass is 10.1. The molecular weight excluding hydrogens is 1000 g/mol. The van der Waals surface area contributed by atoms with Gasteiger partial charge in [0.15, 0.2) is 5.75 Å². The highest BCUT2D eigenvalue weighted by Gasteiger charge is 2.24. The van der Waals surface area contributed by atoms with Crippen LogP contribution in [0.4, 0.5) is 45.5 Å². The summed E-state index contributed by atoms with van der Waals surface area (Å²) in [5.74, 6) is 0.478. The van der Waals surface area contributed by atoms with Crippen LogP contribution in [0.3, 0.4) is 0 Å². The minimum atomic E-state index is -4.98. The molecule has 8 aromatic carbocycles. The quantitative estimate of drug-likeness (QED) is 0.0316. The molecule has 21 nitrogen and oxygen atoms in total. The number of azo groups is 3. The fourth-order valence-electron chi connectivity index (χ4n) is 7.31. The van der Waals surface area contributed by atoms with Gasteiger partial charge in [0.25, 0.3) is 30.4 Å². The van der Waals surface area contributed by atoms with E-state index >= 15 is 0 Å². The number of hydrogen-bond donors (Lipinski definition) is 6. The van der Waals surface area contributed by atoms with Crippen LogP contribution in [0.2, 0.25) is 0 Å². The van der Waals surface area contributed by atoms with Crippen LogP contribution in [0.5, 0.6) is 28.7 Å². The van der Waals surface area contributed by atoms with E-state index in [1.54, 1.807) is 67.8 Å². The summed E-state index contributed by atoms with van der Waals surface area (Å²) in [7, 11) is -9.13. The first-order chi connectivity index (χ1) is 33.7. The maximum Gasteiger partial charge on any atom is 0.296 e. The zero-order valence-electron chi connectivity index (χ0n) is 37.2. The Kier molecular flexibility index (Phi) is 13.7. The molecule has 0 aromatic heterocycles. The normalized spacial score (nSPS) is 12.5. The lowest BCUT2D eigenvalue weighted by Crippen LogP contribution is -2.04. The molecule has 0 fully saturated rings. The van der Waals surface area contributed by atoms with E-state index in [0.29, 0.717) is 38.9 Å². The van der Waals surface area contributed by atoms with Crippen molar-refractivity contribution >= 4 is 121 Å². The Hall–Kier alpha value is -7.78. The minimum absolute atomic E-state index is 0.0564. The SMILES string of the molecule is COc1ccc(Nc2ccc3c(O)c(N=Nc4c(OC)cc(N=Nc5cc(OC)c(N=Nc6ccc7cc(S(=O)(=O)O)cc(S(=O)(=O)O)c7c6)cc5OC)c5cc(S)ccc45)c(S(=O)(=O)O)cc3c2)cc1. The van der Waals surface area contributed by atoms with Gasteiger partial charge in [0.2, 0.25) is 0 Å². The average Bonchev–Trinajstić information content (AvgIpc) is 3.33. The number of ether oxygens (including phenoxy) is 4. The summed E-state index contributed by atoms with van der Waals surface area (Å²) in [6.07, 6.45) is 0. The number of rotatable bonds is 15. The molecule has 25 heteroatoms. The van der Waals surface area contributed by atoms with Crippen LogP contribution in [0.1, 0.15) is 0 Å². The molecule has 0 saturated carbocycles. The molecule has 0 atom stereocenters. The van der Waals surface area contributed by atoms with Gasteiger partial charge in [-0.05, 0) is 95.7 Å². The third-order valence-corrected chi connectivity index (χ3v) is 13.6. The molecule has 0 aliphatic heterocycles. The monoisotopic (exact) mass is 1040 g/mol.